The van der Waals surface area contributed by atoms with Gasteiger partial charge in [-0.15, -0.1) is 0 Å². The Morgan fingerprint density at radius 2 is 1.83 bits per heavy atom. The van der Waals surface area contributed by atoms with Gasteiger partial charge in [-0.1, -0.05) is 29.8 Å². The predicted molar refractivity (Wildman–Crippen MR) is 157 cm³/mol. The number of piperidine rings is 1. The lowest BCUT2D eigenvalue weighted by molar-refractivity contribution is -0.207. The first kappa shape index (κ1) is 32.7. The topological polar surface area (TPSA) is 116 Å². The van der Waals surface area contributed by atoms with Crippen molar-refractivity contribution in [3.05, 3.63) is 46.1 Å². The average Bonchev–Trinajstić information content (AvgIpc) is 3.26. The second kappa shape index (κ2) is 13.9. The number of nitrogens with zero attached hydrogens (tertiary/aromatic N) is 3. The summed E-state index contributed by atoms with van der Waals surface area (Å²) in [6.45, 7) is 10.4. The molecule has 2 amide bonds. The minimum Gasteiger partial charge on any atom is -0.444 e. The Labute approximate surface area is 247 Å². The van der Waals surface area contributed by atoms with Crippen molar-refractivity contribution in [3.8, 4) is 0 Å². The highest BCUT2D eigenvalue weighted by atomic mass is 35.5. The number of amides is 2. The van der Waals surface area contributed by atoms with Crippen LogP contribution in [-0.2, 0) is 32.1 Å². The number of alkyl carbamates (subject to hydrolysis) is 1. The van der Waals surface area contributed by atoms with Crippen LogP contribution in [0, 0.1) is 0 Å². The second-order valence-corrected chi connectivity index (χ2v) is 11.8. The molecule has 3 rings (SSSR count). The van der Waals surface area contributed by atoms with E-state index in [-0.39, 0.29) is 24.4 Å². The van der Waals surface area contributed by atoms with E-state index in [1.54, 1.807) is 18.7 Å². The summed E-state index contributed by atoms with van der Waals surface area (Å²) < 4.78 is 23.7. The van der Waals surface area contributed by atoms with Crippen LogP contribution in [0.2, 0.25) is 5.02 Å². The van der Waals surface area contributed by atoms with E-state index in [1.807, 2.05) is 52.0 Å². The van der Waals surface area contributed by atoms with E-state index in [9.17, 15) is 9.59 Å². The molecule has 1 aliphatic rings. The molecule has 2 N–H and O–H groups in total. The molecule has 11 nitrogen and oxygen atoms in total. The quantitative estimate of drug-likeness (QED) is 0.369. The normalized spacial score (nSPS) is 16.8. The number of carbonyl (C=O) groups excluding carboxylic acids is 2. The van der Waals surface area contributed by atoms with E-state index in [0.29, 0.717) is 30.1 Å². The summed E-state index contributed by atoms with van der Waals surface area (Å²) in [6.07, 6.45) is 1.52. The fourth-order valence-corrected chi connectivity index (χ4v) is 5.03. The number of halogens is 1. The third kappa shape index (κ3) is 8.34. The minimum absolute atomic E-state index is 0.127. The molecule has 2 atom stereocenters. The van der Waals surface area contributed by atoms with Gasteiger partial charge in [0.1, 0.15) is 18.1 Å². The highest BCUT2D eigenvalue weighted by Crippen LogP contribution is 2.32. The number of carbonyl (C=O) groups is 2. The maximum absolute atomic E-state index is 13.8. The largest absolute Gasteiger partial charge is 0.444 e. The van der Waals surface area contributed by atoms with Crippen molar-refractivity contribution in [2.45, 2.75) is 84.1 Å². The zero-order chi connectivity index (χ0) is 30.4. The summed E-state index contributed by atoms with van der Waals surface area (Å²) in [4.78, 5) is 28.4. The Morgan fingerprint density at radius 1 is 1.15 bits per heavy atom. The summed E-state index contributed by atoms with van der Waals surface area (Å²) in [6, 6.07) is 6.88. The summed E-state index contributed by atoms with van der Waals surface area (Å²) in [5, 5.41) is 11.3. The number of hydrogen-bond acceptors (Lipinski definition) is 8. The van der Waals surface area contributed by atoms with E-state index < -0.39 is 23.5 Å². The second-order valence-electron chi connectivity index (χ2n) is 11.4. The Balaban J connectivity index is 2.02. The van der Waals surface area contributed by atoms with Crippen molar-refractivity contribution in [1.29, 1.82) is 0 Å². The third-order valence-corrected chi connectivity index (χ3v) is 7.57. The lowest BCUT2D eigenvalue weighted by Gasteiger charge is -2.35. The first-order valence-electron chi connectivity index (χ1n) is 13.8. The number of aromatic nitrogens is 2. The summed E-state index contributed by atoms with van der Waals surface area (Å²) >= 11 is 6.57. The summed E-state index contributed by atoms with van der Waals surface area (Å²) in [5.74, 6) is -0.679. The average molecular weight is 594 g/mol. The Kier molecular flexibility index (Phi) is 11.0. The van der Waals surface area contributed by atoms with Crippen molar-refractivity contribution in [1.82, 2.24) is 20.4 Å². The molecule has 1 unspecified atom stereocenters. The first-order chi connectivity index (χ1) is 19.3. The summed E-state index contributed by atoms with van der Waals surface area (Å²) in [5.41, 5.74) is 1.21. The Hall–Kier alpha value is -2.86. The van der Waals surface area contributed by atoms with E-state index in [2.05, 4.69) is 15.5 Å². The highest BCUT2D eigenvalue weighted by molar-refractivity contribution is 6.31. The highest BCUT2D eigenvalue weighted by Gasteiger charge is 2.35. The van der Waals surface area contributed by atoms with Gasteiger partial charge in [0.2, 0.25) is 0 Å². The zero-order valence-electron chi connectivity index (χ0n) is 25.4. The number of benzene rings is 1. The molecule has 0 spiro atoms. The number of anilines is 1. The monoisotopic (exact) mass is 593 g/mol. The van der Waals surface area contributed by atoms with Gasteiger partial charge in [0.05, 0.1) is 6.04 Å². The van der Waals surface area contributed by atoms with Crippen molar-refractivity contribution >= 4 is 29.4 Å². The first-order valence-corrected chi connectivity index (χ1v) is 14.2. The number of nitrogens with one attached hydrogen (secondary N) is 2. The van der Waals surface area contributed by atoms with Crippen LogP contribution in [-0.4, -0.2) is 79.7 Å². The molecule has 41 heavy (non-hydrogen) atoms. The van der Waals surface area contributed by atoms with E-state index in [0.717, 1.165) is 24.2 Å². The van der Waals surface area contributed by atoms with Crippen LogP contribution in [0.3, 0.4) is 0 Å². The molecule has 1 aromatic heterocycles. The van der Waals surface area contributed by atoms with Crippen LogP contribution in [0.5, 0.6) is 0 Å². The maximum atomic E-state index is 13.8. The van der Waals surface area contributed by atoms with Gasteiger partial charge < -0.3 is 34.5 Å². The SMILES string of the molecule is COCn1nc(C(=O)NC(C)C(C)(OC)OC)c(Cc2ccccc2Cl)c1N1CCC[C@@H](NC(=O)OC(C)(C)C)C1. The zero-order valence-corrected chi connectivity index (χ0v) is 26.1. The molecular formula is C29H44ClN5O6. The van der Waals surface area contributed by atoms with E-state index >= 15 is 0 Å². The Bertz CT molecular complexity index is 1190. The van der Waals surface area contributed by atoms with Crippen molar-refractivity contribution < 1.29 is 28.5 Å². The van der Waals surface area contributed by atoms with Gasteiger partial charge in [0, 0.05) is 57.5 Å². The van der Waals surface area contributed by atoms with Gasteiger partial charge in [-0.05, 0) is 59.1 Å². The molecule has 1 aliphatic heterocycles. The molecule has 2 aromatic rings. The van der Waals surface area contributed by atoms with Crippen LogP contribution >= 0.6 is 11.6 Å². The van der Waals surface area contributed by atoms with Crippen LogP contribution in [0.15, 0.2) is 24.3 Å². The minimum atomic E-state index is -1.04. The molecule has 1 saturated heterocycles. The van der Waals surface area contributed by atoms with Crippen LogP contribution in [0.25, 0.3) is 0 Å². The smallest absolute Gasteiger partial charge is 0.407 e. The van der Waals surface area contributed by atoms with Gasteiger partial charge in [-0.2, -0.15) is 5.10 Å². The Morgan fingerprint density at radius 3 is 2.44 bits per heavy atom. The molecule has 0 radical (unpaired) electrons. The van der Waals surface area contributed by atoms with Crippen LogP contribution < -0.4 is 15.5 Å². The van der Waals surface area contributed by atoms with E-state index in [1.165, 1.54) is 14.2 Å². The van der Waals surface area contributed by atoms with Crippen molar-refractivity contribution in [2.24, 2.45) is 0 Å². The third-order valence-electron chi connectivity index (χ3n) is 7.20. The fraction of sp³-hybridized carbons (Fsp3) is 0.621. The van der Waals surface area contributed by atoms with Gasteiger partial charge in [-0.3, -0.25) is 4.79 Å². The molecule has 228 valence electrons. The molecule has 0 aliphatic carbocycles. The lowest BCUT2D eigenvalue weighted by atomic mass is 10.0. The van der Waals surface area contributed by atoms with Crippen LogP contribution in [0.4, 0.5) is 10.6 Å². The molecule has 0 saturated carbocycles. The molecule has 0 bridgehead atoms. The predicted octanol–water partition coefficient (Wildman–Crippen LogP) is 4.35. The number of ether oxygens (including phenoxy) is 4. The lowest BCUT2D eigenvalue weighted by Crippen LogP contribution is -2.51. The molecule has 12 heteroatoms. The van der Waals surface area contributed by atoms with Gasteiger partial charge in [0.15, 0.2) is 11.5 Å². The number of rotatable bonds is 11. The number of methoxy groups -OCH3 is 3. The van der Waals surface area contributed by atoms with Gasteiger partial charge in [0.25, 0.3) is 5.91 Å². The molecule has 1 aromatic carbocycles. The maximum Gasteiger partial charge on any atom is 0.407 e. The molecular weight excluding hydrogens is 550 g/mol. The van der Waals surface area contributed by atoms with Crippen molar-refractivity contribution in [3.63, 3.8) is 0 Å². The van der Waals surface area contributed by atoms with Gasteiger partial charge >= 0.3 is 6.09 Å². The van der Waals surface area contributed by atoms with E-state index in [4.69, 9.17) is 35.6 Å². The summed E-state index contributed by atoms with van der Waals surface area (Å²) in [7, 11) is 4.63. The fourth-order valence-electron chi connectivity index (χ4n) is 4.83. The number of hydrogen-bond donors (Lipinski definition) is 2. The molecule has 1 fully saturated rings. The standard InChI is InChI=1S/C29H44ClN5O6/c1-19(29(5,39-7)40-8)31-25(36)24-22(16-20-12-9-10-14-23(20)30)26(35(33-24)18-38-6)34-15-11-13-21(17-34)32-27(37)41-28(2,3)4/h9-10,12,14,19,21H,11,13,15-18H2,1-8H3,(H,31,36)(H,32,37)/t19?,21-/m1/s1. The van der Waals surface area contributed by atoms with Gasteiger partial charge in [-0.25, -0.2) is 9.48 Å². The molecule has 2 heterocycles. The van der Waals surface area contributed by atoms with Crippen LogP contribution in [0.1, 0.15) is 69.1 Å². The van der Waals surface area contributed by atoms with Crippen molar-refractivity contribution in [2.75, 3.05) is 39.3 Å².